The molecule has 3 amide bonds. The SMILES string of the molecule is CCOC(=O)N1CCN(C(=O)[C@H]2CC(=O)N(c3ccccc3Br)C2)CC1. The molecule has 0 saturated carbocycles. The third kappa shape index (κ3) is 3.85. The molecule has 0 bridgehead atoms. The number of hydrogen-bond donors (Lipinski definition) is 0. The fourth-order valence-corrected chi connectivity index (χ4v) is 3.86. The summed E-state index contributed by atoms with van der Waals surface area (Å²) >= 11 is 3.46. The van der Waals surface area contributed by atoms with Gasteiger partial charge in [0.25, 0.3) is 0 Å². The molecule has 140 valence electrons. The second-order valence-corrected chi connectivity index (χ2v) is 7.22. The molecule has 2 heterocycles. The van der Waals surface area contributed by atoms with Crippen LogP contribution >= 0.6 is 15.9 Å². The molecule has 8 heteroatoms. The van der Waals surface area contributed by atoms with Crippen molar-refractivity contribution in [1.82, 2.24) is 9.80 Å². The summed E-state index contributed by atoms with van der Waals surface area (Å²) in [5, 5.41) is 0. The largest absolute Gasteiger partial charge is 0.450 e. The van der Waals surface area contributed by atoms with Crippen LogP contribution in [0.3, 0.4) is 0 Å². The van der Waals surface area contributed by atoms with Gasteiger partial charge in [0.2, 0.25) is 11.8 Å². The molecule has 0 radical (unpaired) electrons. The van der Waals surface area contributed by atoms with Gasteiger partial charge in [0, 0.05) is 43.6 Å². The van der Waals surface area contributed by atoms with E-state index in [9.17, 15) is 14.4 Å². The van der Waals surface area contributed by atoms with Crippen molar-refractivity contribution in [2.45, 2.75) is 13.3 Å². The summed E-state index contributed by atoms with van der Waals surface area (Å²) < 4.78 is 5.83. The Bertz CT molecular complexity index is 703. The highest BCUT2D eigenvalue weighted by atomic mass is 79.9. The number of benzene rings is 1. The topological polar surface area (TPSA) is 70.2 Å². The van der Waals surface area contributed by atoms with Crippen LogP contribution in [-0.2, 0) is 14.3 Å². The molecular formula is C18H22BrN3O4. The first-order chi connectivity index (χ1) is 12.5. The number of amides is 3. The minimum Gasteiger partial charge on any atom is -0.450 e. The van der Waals surface area contributed by atoms with Crippen molar-refractivity contribution in [1.29, 1.82) is 0 Å². The molecule has 2 aliphatic heterocycles. The van der Waals surface area contributed by atoms with Crippen LogP contribution in [0.1, 0.15) is 13.3 Å². The summed E-state index contributed by atoms with van der Waals surface area (Å²) in [7, 11) is 0. The maximum absolute atomic E-state index is 12.8. The van der Waals surface area contributed by atoms with Crippen molar-refractivity contribution >= 4 is 39.5 Å². The Morgan fingerprint density at radius 2 is 1.81 bits per heavy atom. The van der Waals surface area contributed by atoms with Gasteiger partial charge < -0.3 is 19.4 Å². The number of rotatable bonds is 3. The normalized spacial score (nSPS) is 20.5. The Morgan fingerprint density at radius 3 is 2.46 bits per heavy atom. The zero-order chi connectivity index (χ0) is 18.7. The van der Waals surface area contributed by atoms with Crippen molar-refractivity contribution in [2.75, 3.05) is 44.2 Å². The van der Waals surface area contributed by atoms with Crippen LogP contribution in [0.25, 0.3) is 0 Å². The summed E-state index contributed by atoms with van der Waals surface area (Å²) in [6.45, 7) is 4.35. The van der Waals surface area contributed by atoms with E-state index in [1.54, 1.807) is 21.6 Å². The molecule has 1 aromatic rings. The first-order valence-corrected chi connectivity index (χ1v) is 9.56. The molecule has 2 fully saturated rings. The van der Waals surface area contributed by atoms with Crippen molar-refractivity contribution in [3.63, 3.8) is 0 Å². The van der Waals surface area contributed by atoms with Crippen LogP contribution in [0.5, 0.6) is 0 Å². The molecule has 1 atom stereocenters. The van der Waals surface area contributed by atoms with Gasteiger partial charge in [0.05, 0.1) is 18.2 Å². The van der Waals surface area contributed by atoms with Gasteiger partial charge in [-0.1, -0.05) is 12.1 Å². The molecule has 1 aromatic carbocycles. The number of ether oxygens (including phenoxy) is 1. The molecule has 7 nitrogen and oxygen atoms in total. The average Bonchev–Trinajstić information content (AvgIpc) is 3.03. The monoisotopic (exact) mass is 423 g/mol. The highest BCUT2D eigenvalue weighted by Gasteiger charge is 2.38. The van der Waals surface area contributed by atoms with E-state index in [1.165, 1.54) is 0 Å². The van der Waals surface area contributed by atoms with Gasteiger partial charge in [-0.15, -0.1) is 0 Å². The van der Waals surface area contributed by atoms with Gasteiger partial charge in [-0.2, -0.15) is 0 Å². The van der Waals surface area contributed by atoms with E-state index < -0.39 is 0 Å². The van der Waals surface area contributed by atoms with Crippen LogP contribution in [0.2, 0.25) is 0 Å². The smallest absolute Gasteiger partial charge is 0.409 e. The fraction of sp³-hybridized carbons (Fsp3) is 0.500. The number of halogens is 1. The minimum absolute atomic E-state index is 0.0172. The fourth-order valence-electron chi connectivity index (χ4n) is 3.36. The lowest BCUT2D eigenvalue weighted by molar-refractivity contribution is -0.137. The van der Waals surface area contributed by atoms with Crippen molar-refractivity contribution in [3.05, 3.63) is 28.7 Å². The van der Waals surface area contributed by atoms with Gasteiger partial charge in [-0.25, -0.2) is 4.79 Å². The molecule has 2 aliphatic rings. The third-order valence-corrected chi connectivity index (χ3v) is 5.41. The van der Waals surface area contributed by atoms with E-state index in [-0.39, 0.29) is 30.2 Å². The number of carbonyl (C=O) groups excluding carboxylic acids is 3. The van der Waals surface area contributed by atoms with Gasteiger partial charge >= 0.3 is 6.09 Å². The molecule has 0 aliphatic carbocycles. The van der Waals surface area contributed by atoms with Crippen LogP contribution in [0.15, 0.2) is 28.7 Å². The van der Waals surface area contributed by atoms with Crippen LogP contribution in [-0.4, -0.2) is 67.0 Å². The van der Waals surface area contributed by atoms with Gasteiger partial charge in [0.1, 0.15) is 0 Å². The highest BCUT2D eigenvalue weighted by molar-refractivity contribution is 9.10. The standard InChI is InChI=1S/C18H22BrN3O4/c1-2-26-18(25)21-9-7-20(8-10-21)17(24)13-11-16(23)22(12-13)15-6-4-3-5-14(15)19/h3-6,13H,2,7-12H2,1H3/t13-/m0/s1. The minimum atomic E-state index is -0.344. The highest BCUT2D eigenvalue weighted by Crippen LogP contribution is 2.32. The number of carbonyl (C=O) groups is 3. The first kappa shape index (κ1) is 18.7. The third-order valence-electron chi connectivity index (χ3n) is 4.73. The zero-order valence-electron chi connectivity index (χ0n) is 14.7. The summed E-state index contributed by atoms with van der Waals surface area (Å²) in [5.41, 5.74) is 0.792. The Kier molecular flexibility index (Phi) is 5.80. The number of piperazine rings is 1. The average molecular weight is 424 g/mol. The number of nitrogens with zero attached hydrogens (tertiary/aromatic N) is 3. The molecule has 0 spiro atoms. The number of hydrogen-bond acceptors (Lipinski definition) is 4. The maximum atomic E-state index is 12.8. The molecule has 0 aromatic heterocycles. The molecule has 2 saturated heterocycles. The second kappa shape index (κ2) is 8.07. The molecule has 0 unspecified atom stereocenters. The first-order valence-electron chi connectivity index (χ1n) is 8.76. The number of anilines is 1. The lowest BCUT2D eigenvalue weighted by Gasteiger charge is -2.35. The lowest BCUT2D eigenvalue weighted by atomic mass is 10.1. The van der Waals surface area contributed by atoms with E-state index in [0.717, 1.165) is 10.2 Å². The lowest BCUT2D eigenvalue weighted by Crippen LogP contribution is -2.52. The predicted molar refractivity (Wildman–Crippen MR) is 99.8 cm³/mol. The number of para-hydroxylation sites is 1. The van der Waals surface area contributed by atoms with Crippen molar-refractivity contribution in [2.24, 2.45) is 5.92 Å². The van der Waals surface area contributed by atoms with E-state index in [0.29, 0.717) is 39.3 Å². The molecule has 26 heavy (non-hydrogen) atoms. The van der Waals surface area contributed by atoms with Crippen molar-refractivity contribution < 1.29 is 19.1 Å². The molecule has 0 N–H and O–H groups in total. The van der Waals surface area contributed by atoms with E-state index in [1.807, 2.05) is 24.3 Å². The predicted octanol–water partition coefficient (Wildman–Crippen LogP) is 2.10. The Balaban J connectivity index is 1.59. The summed E-state index contributed by atoms with van der Waals surface area (Å²) in [6, 6.07) is 7.51. The van der Waals surface area contributed by atoms with Gasteiger partial charge in [0.15, 0.2) is 0 Å². The van der Waals surface area contributed by atoms with Gasteiger partial charge in [-0.05, 0) is 35.0 Å². The zero-order valence-corrected chi connectivity index (χ0v) is 16.3. The van der Waals surface area contributed by atoms with Gasteiger partial charge in [-0.3, -0.25) is 9.59 Å². The second-order valence-electron chi connectivity index (χ2n) is 6.37. The van der Waals surface area contributed by atoms with E-state index >= 15 is 0 Å². The quantitative estimate of drug-likeness (QED) is 0.746. The summed E-state index contributed by atoms with van der Waals surface area (Å²) in [6.07, 6.45) is -0.117. The van der Waals surface area contributed by atoms with Crippen molar-refractivity contribution in [3.8, 4) is 0 Å². The Morgan fingerprint density at radius 1 is 1.15 bits per heavy atom. The van der Waals surface area contributed by atoms with E-state index in [2.05, 4.69) is 15.9 Å². The van der Waals surface area contributed by atoms with Crippen LogP contribution < -0.4 is 4.90 Å². The summed E-state index contributed by atoms with van der Waals surface area (Å²) in [5.74, 6) is -0.402. The Labute approximate surface area is 161 Å². The van der Waals surface area contributed by atoms with E-state index in [4.69, 9.17) is 4.74 Å². The molecule has 3 rings (SSSR count). The maximum Gasteiger partial charge on any atom is 0.409 e. The van der Waals surface area contributed by atoms with Crippen LogP contribution in [0, 0.1) is 5.92 Å². The Hall–Kier alpha value is -2.09. The summed E-state index contributed by atoms with van der Waals surface area (Å²) in [4.78, 5) is 42.0. The molecular weight excluding hydrogens is 402 g/mol. The van der Waals surface area contributed by atoms with Crippen LogP contribution in [0.4, 0.5) is 10.5 Å².